The van der Waals surface area contributed by atoms with Crippen LogP contribution in [-0.4, -0.2) is 39.8 Å². The number of thioether (sulfide) groups is 1. The van der Waals surface area contributed by atoms with Crippen molar-refractivity contribution in [2.24, 2.45) is 11.8 Å². The van der Waals surface area contributed by atoms with Gasteiger partial charge in [0, 0.05) is 13.1 Å². The van der Waals surface area contributed by atoms with Gasteiger partial charge in [0.05, 0.1) is 12.2 Å². The van der Waals surface area contributed by atoms with Crippen molar-refractivity contribution in [1.29, 1.82) is 0 Å². The maximum atomic E-state index is 12.4. The lowest BCUT2D eigenvalue weighted by molar-refractivity contribution is -0.130. The Kier molecular flexibility index (Phi) is 5.56. The summed E-state index contributed by atoms with van der Waals surface area (Å²) >= 11 is 1.32. The van der Waals surface area contributed by atoms with Gasteiger partial charge in [-0.3, -0.25) is 4.79 Å². The van der Waals surface area contributed by atoms with Crippen LogP contribution >= 0.6 is 11.8 Å². The van der Waals surface area contributed by atoms with E-state index in [2.05, 4.69) is 24.0 Å². The van der Waals surface area contributed by atoms with Crippen molar-refractivity contribution in [3.63, 3.8) is 0 Å². The van der Waals surface area contributed by atoms with Gasteiger partial charge in [0.15, 0.2) is 0 Å². The first-order valence-corrected chi connectivity index (χ1v) is 9.35. The molecule has 128 valence electrons. The monoisotopic (exact) mass is 345 g/mol. The fraction of sp³-hybridized carbons (Fsp3) is 0.500. The number of nitrogens with zero attached hydrogens (tertiary/aromatic N) is 3. The topological polar surface area (TPSA) is 59.2 Å². The van der Waals surface area contributed by atoms with Gasteiger partial charge in [0.2, 0.25) is 11.8 Å². The van der Waals surface area contributed by atoms with Crippen molar-refractivity contribution in [3.8, 4) is 0 Å². The predicted octanol–water partition coefficient (Wildman–Crippen LogP) is 3.26. The van der Waals surface area contributed by atoms with Gasteiger partial charge in [-0.15, -0.1) is 10.2 Å². The molecule has 0 spiro atoms. The third-order valence-corrected chi connectivity index (χ3v) is 4.99. The molecule has 1 saturated heterocycles. The van der Waals surface area contributed by atoms with E-state index in [1.807, 2.05) is 35.2 Å². The van der Waals surface area contributed by atoms with Crippen LogP contribution in [0.1, 0.15) is 31.7 Å². The van der Waals surface area contributed by atoms with E-state index >= 15 is 0 Å². The zero-order valence-electron chi connectivity index (χ0n) is 14.1. The zero-order valence-corrected chi connectivity index (χ0v) is 15.0. The second kappa shape index (κ2) is 7.83. The third kappa shape index (κ3) is 4.60. The van der Waals surface area contributed by atoms with E-state index < -0.39 is 0 Å². The van der Waals surface area contributed by atoms with E-state index in [9.17, 15) is 4.79 Å². The molecule has 0 radical (unpaired) electrons. The van der Waals surface area contributed by atoms with Crippen molar-refractivity contribution in [1.82, 2.24) is 15.1 Å². The molecule has 0 N–H and O–H groups in total. The average Bonchev–Trinajstić information content (AvgIpc) is 3.00. The summed E-state index contributed by atoms with van der Waals surface area (Å²) < 4.78 is 5.64. The summed E-state index contributed by atoms with van der Waals surface area (Å²) in [6.45, 7) is 6.12. The molecule has 1 fully saturated rings. The van der Waals surface area contributed by atoms with Gasteiger partial charge in [0.25, 0.3) is 5.22 Å². The lowest BCUT2D eigenvalue weighted by Gasteiger charge is -2.34. The van der Waals surface area contributed by atoms with Gasteiger partial charge in [-0.2, -0.15) is 0 Å². The van der Waals surface area contributed by atoms with Crippen LogP contribution in [0.25, 0.3) is 0 Å². The molecule has 5 nitrogen and oxygen atoms in total. The number of likely N-dealkylation sites (tertiary alicyclic amines) is 1. The minimum Gasteiger partial charge on any atom is -0.416 e. The number of aromatic nitrogens is 2. The van der Waals surface area contributed by atoms with Gasteiger partial charge in [-0.25, -0.2) is 0 Å². The number of hydrogen-bond donors (Lipinski definition) is 0. The first kappa shape index (κ1) is 17.0. The maximum absolute atomic E-state index is 12.4. The van der Waals surface area contributed by atoms with Crippen LogP contribution < -0.4 is 0 Å². The second-order valence-electron chi connectivity index (χ2n) is 6.66. The van der Waals surface area contributed by atoms with Crippen LogP contribution in [0.3, 0.4) is 0 Å². The first-order chi connectivity index (χ1) is 11.6. The molecule has 3 rings (SSSR count). The molecule has 24 heavy (non-hydrogen) atoms. The molecule has 1 aromatic heterocycles. The summed E-state index contributed by atoms with van der Waals surface area (Å²) in [5, 5.41) is 8.56. The largest absolute Gasteiger partial charge is 0.416 e. The van der Waals surface area contributed by atoms with E-state index in [0.29, 0.717) is 35.1 Å². The molecule has 6 heteroatoms. The zero-order chi connectivity index (χ0) is 16.9. The lowest BCUT2D eigenvalue weighted by Crippen LogP contribution is -2.43. The Morgan fingerprint density at radius 3 is 2.62 bits per heavy atom. The third-order valence-electron chi connectivity index (χ3n) is 4.19. The van der Waals surface area contributed by atoms with Crippen LogP contribution in [0.5, 0.6) is 0 Å². The standard InChI is InChI=1S/C18H23N3O2S/c1-13-8-14(2)11-21(10-13)17(22)12-24-18-20-19-16(23-18)9-15-6-4-3-5-7-15/h3-7,13-14H,8-12H2,1-2H3. The van der Waals surface area contributed by atoms with Crippen LogP contribution in [0, 0.1) is 11.8 Å². The highest BCUT2D eigenvalue weighted by molar-refractivity contribution is 7.99. The number of rotatable bonds is 5. The highest BCUT2D eigenvalue weighted by Gasteiger charge is 2.25. The molecule has 0 saturated carbocycles. The number of carbonyl (C=O) groups is 1. The summed E-state index contributed by atoms with van der Waals surface area (Å²) in [5.41, 5.74) is 1.13. The summed E-state index contributed by atoms with van der Waals surface area (Å²) in [5.74, 6) is 2.23. The summed E-state index contributed by atoms with van der Waals surface area (Å²) in [4.78, 5) is 14.3. The molecule has 2 aromatic rings. The van der Waals surface area contributed by atoms with Crippen molar-refractivity contribution < 1.29 is 9.21 Å². The molecule has 0 bridgehead atoms. The molecule has 1 aliphatic heterocycles. The van der Waals surface area contributed by atoms with Crippen LogP contribution in [0.4, 0.5) is 0 Å². The molecule has 1 aromatic carbocycles. The Labute approximate surface area is 146 Å². The van der Waals surface area contributed by atoms with E-state index in [0.717, 1.165) is 18.7 Å². The summed E-state index contributed by atoms with van der Waals surface area (Å²) in [7, 11) is 0. The minimum absolute atomic E-state index is 0.154. The minimum atomic E-state index is 0.154. The van der Waals surface area contributed by atoms with E-state index in [1.165, 1.54) is 18.2 Å². The Balaban J connectivity index is 1.51. The van der Waals surface area contributed by atoms with Gasteiger partial charge >= 0.3 is 0 Å². The van der Waals surface area contributed by atoms with Gasteiger partial charge < -0.3 is 9.32 Å². The molecule has 1 aliphatic rings. The number of benzene rings is 1. The van der Waals surface area contributed by atoms with Crippen molar-refractivity contribution in [2.75, 3.05) is 18.8 Å². The fourth-order valence-corrected chi connectivity index (χ4v) is 3.90. The van der Waals surface area contributed by atoms with Gasteiger partial charge in [0.1, 0.15) is 0 Å². The Bertz CT molecular complexity index is 664. The van der Waals surface area contributed by atoms with E-state index in [-0.39, 0.29) is 5.91 Å². The predicted molar refractivity (Wildman–Crippen MR) is 93.8 cm³/mol. The molecule has 2 heterocycles. The first-order valence-electron chi connectivity index (χ1n) is 8.37. The summed E-state index contributed by atoms with van der Waals surface area (Å²) in [6, 6.07) is 10.0. The maximum Gasteiger partial charge on any atom is 0.277 e. The second-order valence-corrected chi connectivity index (χ2v) is 7.58. The van der Waals surface area contributed by atoms with E-state index in [1.54, 1.807) is 0 Å². The molecule has 1 amide bonds. The summed E-state index contributed by atoms with van der Waals surface area (Å²) in [6.07, 6.45) is 1.81. The number of carbonyl (C=O) groups excluding carboxylic acids is 1. The van der Waals surface area contributed by atoms with Gasteiger partial charge in [-0.05, 0) is 23.8 Å². The van der Waals surface area contributed by atoms with Crippen LogP contribution in [0.15, 0.2) is 40.0 Å². The van der Waals surface area contributed by atoms with Crippen molar-refractivity contribution >= 4 is 17.7 Å². The van der Waals surface area contributed by atoms with Crippen LogP contribution in [0.2, 0.25) is 0 Å². The number of amides is 1. The van der Waals surface area contributed by atoms with Crippen molar-refractivity contribution in [2.45, 2.75) is 31.9 Å². The number of hydrogen-bond acceptors (Lipinski definition) is 5. The highest BCUT2D eigenvalue weighted by Crippen LogP contribution is 2.23. The molecule has 0 aliphatic carbocycles. The van der Waals surface area contributed by atoms with Crippen LogP contribution in [-0.2, 0) is 11.2 Å². The fourth-order valence-electron chi connectivity index (χ4n) is 3.22. The highest BCUT2D eigenvalue weighted by atomic mass is 32.2. The average molecular weight is 345 g/mol. The number of piperidine rings is 1. The molecule has 2 atom stereocenters. The Hall–Kier alpha value is -1.82. The molecular formula is C18H23N3O2S. The van der Waals surface area contributed by atoms with E-state index in [4.69, 9.17) is 4.42 Å². The van der Waals surface area contributed by atoms with Crippen molar-refractivity contribution in [3.05, 3.63) is 41.8 Å². The van der Waals surface area contributed by atoms with Gasteiger partial charge in [-0.1, -0.05) is 55.9 Å². The SMILES string of the molecule is CC1CC(C)CN(C(=O)CSc2nnc(Cc3ccccc3)o2)C1. The quantitative estimate of drug-likeness (QED) is 0.779. The Morgan fingerprint density at radius 1 is 1.21 bits per heavy atom. The smallest absolute Gasteiger partial charge is 0.277 e. The Morgan fingerprint density at radius 2 is 1.92 bits per heavy atom. The molecular weight excluding hydrogens is 322 g/mol. The normalized spacial score (nSPS) is 21.0. The lowest BCUT2D eigenvalue weighted by atomic mass is 9.92. The molecule has 2 unspecified atom stereocenters.